The van der Waals surface area contributed by atoms with E-state index in [1.807, 2.05) is 72.8 Å². The molecule has 0 unspecified atom stereocenters. The van der Waals surface area contributed by atoms with Gasteiger partial charge in [0.25, 0.3) is 11.8 Å². The predicted molar refractivity (Wildman–Crippen MR) is 127 cm³/mol. The average Bonchev–Trinajstić information content (AvgIpc) is 2.84. The van der Waals surface area contributed by atoms with Crippen LogP contribution in [0.2, 0.25) is 0 Å². The summed E-state index contributed by atoms with van der Waals surface area (Å²) in [5.74, 6) is -0.0587. The number of hydrogen-bond acceptors (Lipinski definition) is 3. The zero-order valence-electron chi connectivity index (χ0n) is 17.3. The number of benzene rings is 4. The maximum atomic E-state index is 12.7. The lowest BCUT2D eigenvalue weighted by Crippen LogP contribution is -2.22. The third kappa shape index (κ3) is 5.40. The molecule has 4 aromatic rings. The van der Waals surface area contributed by atoms with Crippen molar-refractivity contribution in [1.29, 1.82) is 0 Å². The molecule has 5 heteroatoms. The van der Waals surface area contributed by atoms with Gasteiger partial charge in [0.2, 0.25) is 0 Å². The summed E-state index contributed by atoms with van der Waals surface area (Å²) < 4.78 is 5.61. The van der Waals surface area contributed by atoms with Gasteiger partial charge in [0, 0.05) is 5.69 Å². The molecule has 0 aliphatic heterocycles. The summed E-state index contributed by atoms with van der Waals surface area (Å²) in [6.45, 7) is -0.167. The van der Waals surface area contributed by atoms with Gasteiger partial charge < -0.3 is 15.4 Å². The van der Waals surface area contributed by atoms with E-state index in [0.717, 1.165) is 11.1 Å². The molecule has 0 spiro atoms. The van der Waals surface area contributed by atoms with Crippen LogP contribution in [0, 0.1) is 0 Å². The molecule has 0 fully saturated rings. The molecule has 0 radical (unpaired) electrons. The van der Waals surface area contributed by atoms with Crippen molar-refractivity contribution in [2.75, 3.05) is 17.2 Å². The summed E-state index contributed by atoms with van der Waals surface area (Å²) >= 11 is 0. The van der Waals surface area contributed by atoms with Crippen LogP contribution < -0.4 is 15.4 Å². The third-order valence-corrected chi connectivity index (χ3v) is 4.81. The molecule has 32 heavy (non-hydrogen) atoms. The van der Waals surface area contributed by atoms with Crippen LogP contribution in [0.15, 0.2) is 109 Å². The minimum atomic E-state index is -0.350. The van der Waals surface area contributed by atoms with Crippen molar-refractivity contribution in [3.05, 3.63) is 115 Å². The highest BCUT2D eigenvalue weighted by Gasteiger charge is 2.13. The second-order valence-corrected chi connectivity index (χ2v) is 7.09. The number of nitrogens with one attached hydrogen (secondary N) is 2. The lowest BCUT2D eigenvalue weighted by molar-refractivity contribution is -0.118. The number of amides is 2. The van der Waals surface area contributed by atoms with Crippen LogP contribution in [0.1, 0.15) is 10.4 Å². The van der Waals surface area contributed by atoms with Gasteiger partial charge in [-0.2, -0.15) is 0 Å². The summed E-state index contributed by atoms with van der Waals surface area (Å²) in [6, 6.07) is 33.6. The Hall–Kier alpha value is -4.38. The molecule has 0 bridgehead atoms. The first-order valence-corrected chi connectivity index (χ1v) is 10.2. The molecule has 0 heterocycles. The fraction of sp³-hybridized carbons (Fsp3) is 0.0370. The van der Waals surface area contributed by atoms with E-state index < -0.39 is 0 Å². The van der Waals surface area contributed by atoms with Gasteiger partial charge in [-0.25, -0.2) is 0 Å². The van der Waals surface area contributed by atoms with Crippen LogP contribution in [0.3, 0.4) is 0 Å². The SMILES string of the molecule is O=C(COc1ccc(-c2ccccc2)cc1)Nc1ccccc1C(=O)Nc1ccccc1. The van der Waals surface area contributed by atoms with Crippen molar-refractivity contribution in [2.45, 2.75) is 0 Å². The van der Waals surface area contributed by atoms with Gasteiger partial charge in [0.1, 0.15) is 5.75 Å². The van der Waals surface area contributed by atoms with Gasteiger partial charge in [-0.15, -0.1) is 0 Å². The molecule has 0 atom stereocenters. The Morgan fingerprint density at radius 3 is 1.94 bits per heavy atom. The maximum absolute atomic E-state index is 12.7. The lowest BCUT2D eigenvalue weighted by atomic mass is 10.1. The van der Waals surface area contributed by atoms with Crippen molar-refractivity contribution in [2.24, 2.45) is 0 Å². The van der Waals surface area contributed by atoms with E-state index in [-0.39, 0.29) is 18.4 Å². The molecule has 4 rings (SSSR count). The number of hydrogen-bond donors (Lipinski definition) is 2. The Kier molecular flexibility index (Phi) is 6.58. The van der Waals surface area contributed by atoms with Crippen LogP contribution in [0.25, 0.3) is 11.1 Å². The molecule has 5 nitrogen and oxygen atoms in total. The molecule has 0 saturated carbocycles. The molecule has 0 aliphatic rings. The smallest absolute Gasteiger partial charge is 0.262 e. The van der Waals surface area contributed by atoms with E-state index >= 15 is 0 Å². The van der Waals surface area contributed by atoms with E-state index in [9.17, 15) is 9.59 Å². The standard InChI is InChI=1S/C27H22N2O3/c30-26(19-32-23-17-15-21(16-18-23)20-9-3-1-4-10-20)29-25-14-8-7-13-24(25)27(31)28-22-11-5-2-6-12-22/h1-18H,19H2,(H,28,31)(H,29,30). The highest BCUT2D eigenvalue weighted by Crippen LogP contribution is 2.22. The van der Waals surface area contributed by atoms with Gasteiger partial charge in [-0.1, -0.05) is 72.8 Å². The summed E-state index contributed by atoms with van der Waals surface area (Å²) in [5.41, 5.74) is 3.66. The normalized spacial score (nSPS) is 10.2. The molecule has 158 valence electrons. The van der Waals surface area contributed by atoms with E-state index in [2.05, 4.69) is 10.6 Å². The highest BCUT2D eigenvalue weighted by molar-refractivity contribution is 6.10. The second-order valence-electron chi connectivity index (χ2n) is 7.09. The highest BCUT2D eigenvalue weighted by atomic mass is 16.5. The molecular formula is C27H22N2O3. The summed E-state index contributed by atoms with van der Waals surface area (Å²) in [7, 11) is 0. The topological polar surface area (TPSA) is 67.4 Å². The first-order valence-electron chi connectivity index (χ1n) is 10.2. The summed E-state index contributed by atoms with van der Waals surface area (Å²) in [4.78, 5) is 25.1. The molecule has 2 N–H and O–H groups in total. The zero-order valence-corrected chi connectivity index (χ0v) is 17.3. The van der Waals surface area contributed by atoms with Crippen LogP contribution in [-0.4, -0.2) is 18.4 Å². The van der Waals surface area contributed by atoms with E-state index in [4.69, 9.17) is 4.74 Å². The maximum Gasteiger partial charge on any atom is 0.262 e. The van der Waals surface area contributed by atoms with Crippen molar-refractivity contribution < 1.29 is 14.3 Å². The Bertz CT molecular complexity index is 1190. The molecule has 4 aromatic carbocycles. The van der Waals surface area contributed by atoms with E-state index in [1.54, 1.807) is 36.4 Å². The van der Waals surface area contributed by atoms with Crippen molar-refractivity contribution in [3.8, 4) is 16.9 Å². The largest absolute Gasteiger partial charge is 0.484 e. The van der Waals surface area contributed by atoms with Crippen LogP contribution in [-0.2, 0) is 4.79 Å². The summed E-state index contributed by atoms with van der Waals surface area (Å²) in [6.07, 6.45) is 0. The third-order valence-electron chi connectivity index (χ3n) is 4.81. The fourth-order valence-electron chi connectivity index (χ4n) is 3.22. The Labute approximate surface area is 186 Å². The fourth-order valence-corrected chi connectivity index (χ4v) is 3.22. The van der Waals surface area contributed by atoms with Crippen molar-refractivity contribution >= 4 is 23.2 Å². The molecule has 0 aromatic heterocycles. The minimum Gasteiger partial charge on any atom is -0.484 e. The second kappa shape index (κ2) is 10.1. The number of anilines is 2. The molecule has 2 amide bonds. The van der Waals surface area contributed by atoms with Gasteiger partial charge in [-0.05, 0) is 47.5 Å². The van der Waals surface area contributed by atoms with Gasteiger partial charge in [0.15, 0.2) is 6.61 Å². The molecule has 0 saturated heterocycles. The number of carbonyl (C=O) groups excluding carboxylic acids is 2. The number of rotatable bonds is 7. The van der Waals surface area contributed by atoms with E-state index in [0.29, 0.717) is 22.7 Å². The number of ether oxygens (including phenoxy) is 1. The van der Waals surface area contributed by atoms with Gasteiger partial charge in [0.05, 0.1) is 11.3 Å². The first kappa shape index (κ1) is 20.9. The van der Waals surface area contributed by atoms with Gasteiger partial charge >= 0.3 is 0 Å². The minimum absolute atomic E-state index is 0.167. The van der Waals surface area contributed by atoms with Crippen LogP contribution in [0.4, 0.5) is 11.4 Å². The lowest BCUT2D eigenvalue weighted by Gasteiger charge is -2.12. The molecule has 0 aliphatic carbocycles. The Morgan fingerprint density at radius 2 is 1.22 bits per heavy atom. The Balaban J connectivity index is 1.36. The first-order chi connectivity index (χ1) is 15.7. The van der Waals surface area contributed by atoms with Crippen molar-refractivity contribution in [3.63, 3.8) is 0 Å². The van der Waals surface area contributed by atoms with Crippen LogP contribution in [0.5, 0.6) is 5.75 Å². The quantitative estimate of drug-likeness (QED) is 0.406. The molecular weight excluding hydrogens is 400 g/mol. The Morgan fingerprint density at radius 1 is 0.625 bits per heavy atom. The van der Waals surface area contributed by atoms with E-state index in [1.165, 1.54) is 0 Å². The monoisotopic (exact) mass is 422 g/mol. The van der Waals surface area contributed by atoms with Gasteiger partial charge in [-0.3, -0.25) is 9.59 Å². The average molecular weight is 422 g/mol. The van der Waals surface area contributed by atoms with Crippen molar-refractivity contribution in [1.82, 2.24) is 0 Å². The predicted octanol–water partition coefficient (Wildman–Crippen LogP) is 5.62. The summed E-state index contributed by atoms with van der Waals surface area (Å²) in [5, 5.41) is 5.59. The number of carbonyl (C=O) groups is 2. The van der Waals surface area contributed by atoms with Crippen LogP contribution >= 0.6 is 0 Å². The zero-order chi connectivity index (χ0) is 22.2. The number of para-hydroxylation sites is 2.